The van der Waals surface area contributed by atoms with Crippen molar-refractivity contribution in [2.75, 3.05) is 33.1 Å². The lowest BCUT2D eigenvalue weighted by molar-refractivity contribution is 0.0787. The summed E-state index contributed by atoms with van der Waals surface area (Å²) in [4.78, 5) is 18.3. The minimum absolute atomic E-state index is 0.0873. The summed E-state index contributed by atoms with van der Waals surface area (Å²) < 4.78 is 10.6. The molecular weight excluding hydrogens is 354 g/mol. The summed E-state index contributed by atoms with van der Waals surface area (Å²) in [6.07, 6.45) is 3.63. The van der Waals surface area contributed by atoms with Gasteiger partial charge in [-0.05, 0) is 18.6 Å². The van der Waals surface area contributed by atoms with Crippen LogP contribution in [0.5, 0.6) is 11.5 Å². The number of rotatable bonds is 8. The van der Waals surface area contributed by atoms with Gasteiger partial charge in [-0.3, -0.25) is 4.79 Å². The highest BCUT2D eigenvalue weighted by atomic mass is 35.5. The number of pyridine rings is 1. The number of unbranched alkanes of at least 4 members (excludes halogenated alkanes) is 1. The number of methoxy groups -OCH3 is 2. The molecule has 0 saturated carbocycles. The van der Waals surface area contributed by atoms with E-state index in [9.17, 15) is 4.79 Å². The van der Waals surface area contributed by atoms with E-state index in [1.54, 1.807) is 56.6 Å². The second-order valence-corrected chi connectivity index (χ2v) is 6.23. The van der Waals surface area contributed by atoms with Crippen LogP contribution in [0, 0.1) is 0 Å². The third-order valence-electron chi connectivity index (χ3n) is 3.93. The number of hydrogen-bond acceptors (Lipinski definition) is 5. The Balaban J connectivity index is 2.16. The van der Waals surface area contributed by atoms with Gasteiger partial charge in [0.25, 0.3) is 5.91 Å². The Kier molecular flexibility index (Phi) is 7.09. The predicted molar refractivity (Wildman–Crippen MR) is 104 cm³/mol. The first-order valence-electron chi connectivity index (χ1n) is 8.40. The number of amides is 1. The SMILES string of the molecule is CCCCN(C)C(=O)c1ccc(Nc2cc(OC)c(Cl)cc2OC)cn1. The number of ether oxygens (including phenoxy) is 2. The molecule has 1 N–H and O–H groups in total. The maximum atomic E-state index is 12.3. The maximum absolute atomic E-state index is 12.3. The summed E-state index contributed by atoms with van der Waals surface area (Å²) in [5, 5.41) is 3.67. The first-order valence-corrected chi connectivity index (χ1v) is 8.78. The third kappa shape index (κ3) is 4.79. The highest BCUT2D eigenvalue weighted by Crippen LogP contribution is 2.37. The Morgan fingerprint density at radius 1 is 1.23 bits per heavy atom. The molecule has 0 atom stereocenters. The molecule has 140 valence electrons. The second kappa shape index (κ2) is 9.29. The number of benzene rings is 1. The third-order valence-corrected chi connectivity index (χ3v) is 4.22. The fourth-order valence-corrected chi connectivity index (χ4v) is 2.63. The molecule has 0 bridgehead atoms. The largest absolute Gasteiger partial charge is 0.495 e. The molecule has 6 nitrogen and oxygen atoms in total. The molecule has 0 aliphatic heterocycles. The minimum Gasteiger partial charge on any atom is -0.495 e. The lowest BCUT2D eigenvalue weighted by Crippen LogP contribution is -2.28. The van der Waals surface area contributed by atoms with Gasteiger partial charge in [-0.1, -0.05) is 24.9 Å². The van der Waals surface area contributed by atoms with E-state index < -0.39 is 0 Å². The van der Waals surface area contributed by atoms with Crippen LogP contribution in [0.2, 0.25) is 5.02 Å². The molecule has 0 fully saturated rings. The zero-order valence-corrected chi connectivity index (χ0v) is 16.3. The highest BCUT2D eigenvalue weighted by molar-refractivity contribution is 6.32. The number of nitrogens with one attached hydrogen (secondary N) is 1. The molecule has 0 radical (unpaired) electrons. The summed E-state index contributed by atoms with van der Waals surface area (Å²) >= 11 is 6.12. The summed E-state index contributed by atoms with van der Waals surface area (Å²) in [7, 11) is 4.90. The zero-order valence-electron chi connectivity index (χ0n) is 15.5. The van der Waals surface area contributed by atoms with Crippen molar-refractivity contribution in [2.24, 2.45) is 0 Å². The number of nitrogens with zero attached hydrogens (tertiary/aromatic N) is 2. The maximum Gasteiger partial charge on any atom is 0.272 e. The smallest absolute Gasteiger partial charge is 0.272 e. The van der Waals surface area contributed by atoms with Crippen molar-refractivity contribution in [3.8, 4) is 11.5 Å². The van der Waals surface area contributed by atoms with Crippen molar-refractivity contribution in [1.82, 2.24) is 9.88 Å². The van der Waals surface area contributed by atoms with Gasteiger partial charge in [-0.15, -0.1) is 0 Å². The summed E-state index contributed by atoms with van der Waals surface area (Å²) in [6, 6.07) is 6.93. The van der Waals surface area contributed by atoms with Crippen molar-refractivity contribution < 1.29 is 14.3 Å². The average Bonchev–Trinajstić information content (AvgIpc) is 2.67. The van der Waals surface area contributed by atoms with Crippen LogP contribution in [0.4, 0.5) is 11.4 Å². The summed E-state index contributed by atoms with van der Waals surface area (Å²) in [6.45, 7) is 2.82. The average molecular weight is 378 g/mol. The van der Waals surface area contributed by atoms with E-state index in [0.29, 0.717) is 27.9 Å². The van der Waals surface area contributed by atoms with E-state index in [1.807, 2.05) is 0 Å². The van der Waals surface area contributed by atoms with Crippen LogP contribution in [-0.4, -0.2) is 43.6 Å². The van der Waals surface area contributed by atoms with Gasteiger partial charge in [0.1, 0.15) is 17.2 Å². The van der Waals surface area contributed by atoms with Crippen molar-refractivity contribution in [3.05, 3.63) is 41.2 Å². The number of halogens is 1. The molecule has 0 spiro atoms. The molecule has 1 aromatic carbocycles. The number of aromatic nitrogens is 1. The molecule has 26 heavy (non-hydrogen) atoms. The standard InChI is InChI=1S/C19H24ClN3O3/c1-5-6-9-23(2)19(24)15-8-7-13(12-21-15)22-16-11-17(25-3)14(20)10-18(16)26-4/h7-8,10-12,22H,5-6,9H2,1-4H3. The Bertz CT molecular complexity index is 750. The van der Waals surface area contributed by atoms with Crippen LogP contribution in [0.15, 0.2) is 30.5 Å². The molecule has 0 unspecified atom stereocenters. The van der Waals surface area contributed by atoms with Crippen LogP contribution in [0.1, 0.15) is 30.3 Å². The first kappa shape index (κ1) is 19.8. The Morgan fingerprint density at radius 3 is 2.54 bits per heavy atom. The molecule has 2 rings (SSSR count). The summed E-state index contributed by atoms with van der Waals surface area (Å²) in [5.41, 5.74) is 1.82. The van der Waals surface area contributed by atoms with Gasteiger partial charge in [0.15, 0.2) is 0 Å². The molecule has 0 aliphatic carbocycles. The van der Waals surface area contributed by atoms with E-state index in [0.717, 1.165) is 25.1 Å². The van der Waals surface area contributed by atoms with Gasteiger partial charge in [-0.2, -0.15) is 0 Å². The quantitative estimate of drug-likeness (QED) is 0.740. The van der Waals surface area contributed by atoms with Crippen LogP contribution < -0.4 is 14.8 Å². The van der Waals surface area contributed by atoms with Crippen molar-refractivity contribution in [2.45, 2.75) is 19.8 Å². The lowest BCUT2D eigenvalue weighted by Gasteiger charge is -2.17. The Hall–Kier alpha value is -2.47. The monoisotopic (exact) mass is 377 g/mol. The van der Waals surface area contributed by atoms with Crippen LogP contribution in [-0.2, 0) is 0 Å². The van der Waals surface area contributed by atoms with E-state index >= 15 is 0 Å². The van der Waals surface area contributed by atoms with Gasteiger partial charge in [-0.25, -0.2) is 4.98 Å². The van der Waals surface area contributed by atoms with Crippen LogP contribution >= 0.6 is 11.6 Å². The number of carbonyl (C=O) groups is 1. The minimum atomic E-state index is -0.0873. The normalized spacial score (nSPS) is 10.3. The highest BCUT2D eigenvalue weighted by Gasteiger charge is 2.14. The van der Waals surface area contributed by atoms with Crippen LogP contribution in [0.25, 0.3) is 0 Å². The molecule has 0 saturated heterocycles. The number of hydrogen-bond donors (Lipinski definition) is 1. The zero-order chi connectivity index (χ0) is 19.1. The molecular formula is C19H24ClN3O3. The van der Waals surface area contributed by atoms with Gasteiger partial charge >= 0.3 is 0 Å². The predicted octanol–water partition coefficient (Wildman–Crippen LogP) is 4.37. The van der Waals surface area contributed by atoms with Crippen molar-refractivity contribution in [1.29, 1.82) is 0 Å². The Labute approximate surface area is 159 Å². The van der Waals surface area contributed by atoms with Gasteiger partial charge in [0, 0.05) is 25.7 Å². The molecule has 1 aromatic heterocycles. The fraction of sp³-hybridized carbons (Fsp3) is 0.368. The molecule has 0 aliphatic rings. The van der Waals surface area contributed by atoms with Crippen LogP contribution in [0.3, 0.4) is 0 Å². The van der Waals surface area contributed by atoms with E-state index in [4.69, 9.17) is 21.1 Å². The van der Waals surface area contributed by atoms with Gasteiger partial charge in [0.2, 0.25) is 0 Å². The Morgan fingerprint density at radius 2 is 1.96 bits per heavy atom. The fourth-order valence-electron chi connectivity index (χ4n) is 2.40. The summed E-state index contributed by atoms with van der Waals surface area (Å²) in [5.74, 6) is 1.03. The molecule has 2 aromatic rings. The first-order chi connectivity index (χ1) is 12.5. The van der Waals surface area contributed by atoms with Gasteiger partial charge in [0.05, 0.1) is 36.8 Å². The number of anilines is 2. The topological polar surface area (TPSA) is 63.7 Å². The van der Waals surface area contributed by atoms with Crippen molar-refractivity contribution >= 4 is 28.9 Å². The molecule has 1 heterocycles. The second-order valence-electron chi connectivity index (χ2n) is 5.82. The van der Waals surface area contributed by atoms with Gasteiger partial charge < -0.3 is 19.7 Å². The van der Waals surface area contributed by atoms with E-state index in [1.165, 1.54) is 0 Å². The molecule has 7 heteroatoms. The lowest BCUT2D eigenvalue weighted by atomic mass is 10.2. The molecule has 1 amide bonds. The number of carbonyl (C=O) groups excluding carboxylic acids is 1. The van der Waals surface area contributed by atoms with Crippen molar-refractivity contribution in [3.63, 3.8) is 0 Å². The van der Waals surface area contributed by atoms with E-state index in [2.05, 4.69) is 17.2 Å². The van der Waals surface area contributed by atoms with E-state index in [-0.39, 0.29) is 5.91 Å².